The Balaban J connectivity index is 1.45. The Morgan fingerprint density at radius 3 is 2.36 bits per heavy atom. The molecule has 0 fully saturated rings. The Morgan fingerprint density at radius 1 is 0.929 bits per heavy atom. The number of nitrogens with zero attached hydrogens (tertiary/aromatic N) is 2. The van der Waals surface area contributed by atoms with Crippen molar-refractivity contribution >= 4 is 27.4 Å². The van der Waals surface area contributed by atoms with Gasteiger partial charge in [-0.15, -0.1) is 0 Å². The third kappa shape index (κ3) is 4.07. The molecule has 4 aromatic rings. The molecule has 0 spiro atoms. The third-order valence-corrected chi connectivity index (χ3v) is 5.05. The van der Waals surface area contributed by atoms with Gasteiger partial charge < -0.3 is 5.73 Å². The van der Waals surface area contributed by atoms with Crippen LogP contribution in [0.2, 0.25) is 0 Å². The Kier molecular flexibility index (Phi) is 5.12. The van der Waals surface area contributed by atoms with Crippen molar-refractivity contribution in [2.75, 3.05) is 11.1 Å². The van der Waals surface area contributed by atoms with Gasteiger partial charge in [0.2, 0.25) is 0 Å². The highest BCUT2D eigenvalue weighted by Crippen LogP contribution is 2.32. The lowest BCUT2D eigenvalue weighted by Crippen LogP contribution is -2.11. The van der Waals surface area contributed by atoms with Crippen LogP contribution in [0.25, 0.3) is 11.4 Å². The van der Waals surface area contributed by atoms with Crippen molar-refractivity contribution in [3.05, 3.63) is 95.7 Å². The number of hydrogen-bond donors (Lipinski definition) is 2. The van der Waals surface area contributed by atoms with Gasteiger partial charge in [-0.05, 0) is 41.8 Å². The average Bonchev–Trinajstić information content (AvgIpc) is 3.10. The smallest absolute Gasteiger partial charge is 0.257 e. The first-order valence-corrected chi connectivity index (χ1v) is 9.62. The van der Waals surface area contributed by atoms with Crippen molar-refractivity contribution in [3.8, 4) is 11.4 Å². The number of aromatic nitrogens is 2. The Morgan fingerprint density at radius 2 is 1.64 bits per heavy atom. The van der Waals surface area contributed by atoms with Gasteiger partial charge in [0, 0.05) is 11.8 Å². The first-order chi connectivity index (χ1) is 13.7. The second-order valence-corrected chi connectivity index (χ2v) is 7.29. The van der Waals surface area contributed by atoms with Crippen molar-refractivity contribution < 1.29 is 4.79 Å². The minimum atomic E-state index is -0.215. The second-order valence-electron chi connectivity index (χ2n) is 6.26. The lowest BCUT2D eigenvalue weighted by atomic mass is 10.0. The average molecular weight is 386 g/mol. The Labute approximate surface area is 166 Å². The summed E-state index contributed by atoms with van der Waals surface area (Å²) in [6.07, 6.45) is 2.52. The van der Waals surface area contributed by atoms with Gasteiger partial charge in [-0.2, -0.15) is 0 Å². The Bertz CT molecular complexity index is 1080. The molecule has 2 aromatic carbocycles. The van der Waals surface area contributed by atoms with E-state index in [4.69, 9.17) is 5.73 Å². The molecule has 4 rings (SSSR count). The molecule has 0 bridgehead atoms. The van der Waals surface area contributed by atoms with Gasteiger partial charge in [0.15, 0.2) is 5.13 Å². The molecule has 0 unspecified atom stereocenters. The molecule has 3 N–H and O–H groups in total. The fourth-order valence-electron chi connectivity index (χ4n) is 2.85. The van der Waals surface area contributed by atoms with Gasteiger partial charge in [-0.3, -0.25) is 15.1 Å². The van der Waals surface area contributed by atoms with Crippen molar-refractivity contribution in [2.24, 2.45) is 0 Å². The maximum atomic E-state index is 12.5. The molecule has 0 aliphatic rings. The number of carbonyl (C=O) groups excluding carboxylic acids is 1. The molecule has 28 heavy (non-hydrogen) atoms. The summed E-state index contributed by atoms with van der Waals surface area (Å²) in [7, 11) is 0. The van der Waals surface area contributed by atoms with E-state index in [1.54, 1.807) is 6.20 Å². The van der Waals surface area contributed by atoms with E-state index in [0.717, 1.165) is 12.0 Å². The SMILES string of the molecule is Nc1sc(NC(=O)c2ccc(Cc3ccccc3)cc2)nc1-c1ccccn1. The number of carbonyl (C=O) groups is 1. The highest BCUT2D eigenvalue weighted by atomic mass is 32.1. The predicted molar refractivity (Wildman–Crippen MR) is 113 cm³/mol. The molecule has 1 amide bonds. The lowest BCUT2D eigenvalue weighted by molar-refractivity contribution is 0.102. The topological polar surface area (TPSA) is 80.9 Å². The number of pyridine rings is 1. The van der Waals surface area contributed by atoms with E-state index in [2.05, 4.69) is 27.4 Å². The summed E-state index contributed by atoms with van der Waals surface area (Å²) in [6, 6.07) is 23.4. The fourth-order valence-corrected chi connectivity index (χ4v) is 3.58. The number of anilines is 2. The number of nitrogens with two attached hydrogens (primary N) is 1. The van der Waals surface area contributed by atoms with Gasteiger partial charge in [-0.1, -0.05) is 59.9 Å². The van der Waals surface area contributed by atoms with E-state index in [1.807, 2.05) is 60.7 Å². The van der Waals surface area contributed by atoms with Crippen LogP contribution >= 0.6 is 11.3 Å². The summed E-state index contributed by atoms with van der Waals surface area (Å²) >= 11 is 1.23. The van der Waals surface area contributed by atoms with E-state index in [1.165, 1.54) is 16.9 Å². The Hall–Kier alpha value is -3.51. The van der Waals surface area contributed by atoms with Crippen LogP contribution in [-0.2, 0) is 6.42 Å². The minimum Gasteiger partial charge on any atom is -0.389 e. The minimum absolute atomic E-state index is 0.215. The lowest BCUT2D eigenvalue weighted by Gasteiger charge is -2.05. The zero-order valence-electron chi connectivity index (χ0n) is 15.0. The van der Waals surface area contributed by atoms with Crippen LogP contribution in [0.15, 0.2) is 79.0 Å². The number of nitrogens with one attached hydrogen (secondary N) is 1. The molecular formula is C22H18N4OS. The molecule has 0 radical (unpaired) electrons. The summed E-state index contributed by atoms with van der Waals surface area (Å²) in [5.41, 5.74) is 10.3. The number of hydrogen-bond acceptors (Lipinski definition) is 5. The molecule has 0 saturated carbocycles. The van der Waals surface area contributed by atoms with Crippen LogP contribution in [0.1, 0.15) is 21.5 Å². The highest BCUT2D eigenvalue weighted by Gasteiger charge is 2.14. The maximum absolute atomic E-state index is 12.5. The standard InChI is InChI=1S/C22H18N4OS/c23-20-19(18-8-4-5-13-24-18)25-22(28-20)26-21(27)17-11-9-16(10-12-17)14-15-6-2-1-3-7-15/h1-13H,14,23H2,(H,25,26,27). The predicted octanol–water partition coefficient (Wildman–Crippen LogP) is 4.63. The summed E-state index contributed by atoms with van der Waals surface area (Å²) in [5, 5.41) is 3.79. The fraction of sp³-hybridized carbons (Fsp3) is 0.0455. The molecule has 0 aliphatic carbocycles. The molecule has 0 saturated heterocycles. The molecule has 2 heterocycles. The molecule has 2 aromatic heterocycles. The van der Waals surface area contributed by atoms with Crippen LogP contribution in [0.5, 0.6) is 0 Å². The number of nitrogen functional groups attached to an aromatic ring is 1. The van der Waals surface area contributed by atoms with E-state index in [-0.39, 0.29) is 5.91 Å². The first kappa shape index (κ1) is 17.9. The maximum Gasteiger partial charge on any atom is 0.257 e. The molecule has 5 nitrogen and oxygen atoms in total. The number of benzene rings is 2. The van der Waals surface area contributed by atoms with E-state index in [0.29, 0.717) is 27.1 Å². The van der Waals surface area contributed by atoms with Crippen molar-refractivity contribution in [2.45, 2.75) is 6.42 Å². The quantitative estimate of drug-likeness (QED) is 0.524. The summed E-state index contributed by atoms with van der Waals surface area (Å²) in [5.74, 6) is -0.215. The van der Waals surface area contributed by atoms with E-state index >= 15 is 0 Å². The number of rotatable bonds is 5. The third-order valence-electron chi connectivity index (χ3n) is 4.25. The zero-order chi connectivity index (χ0) is 19.3. The van der Waals surface area contributed by atoms with Crippen LogP contribution in [-0.4, -0.2) is 15.9 Å². The van der Waals surface area contributed by atoms with Gasteiger partial charge in [-0.25, -0.2) is 4.98 Å². The largest absolute Gasteiger partial charge is 0.389 e. The second kappa shape index (κ2) is 8.02. The normalized spacial score (nSPS) is 10.6. The van der Waals surface area contributed by atoms with Crippen LogP contribution in [0.3, 0.4) is 0 Å². The summed E-state index contributed by atoms with van der Waals surface area (Å²) < 4.78 is 0. The van der Waals surface area contributed by atoms with E-state index < -0.39 is 0 Å². The highest BCUT2D eigenvalue weighted by molar-refractivity contribution is 7.20. The van der Waals surface area contributed by atoms with Gasteiger partial charge in [0.05, 0.1) is 5.69 Å². The van der Waals surface area contributed by atoms with Crippen molar-refractivity contribution in [1.82, 2.24) is 9.97 Å². The van der Waals surface area contributed by atoms with Crippen molar-refractivity contribution in [3.63, 3.8) is 0 Å². The molecule has 6 heteroatoms. The first-order valence-electron chi connectivity index (χ1n) is 8.81. The van der Waals surface area contributed by atoms with Gasteiger partial charge >= 0.3 is 0 Å². The van der Waals surface area contributed by atoms with Gasteiger partial charge in [0.25, 0.3) is 5.91 Å². The van der Waals surface area contributed by atoms with Crippen LogP contribution in [0, 0.1) is 0 Å². The summed E-state index contributed by atoms with van der Waals surface area (Å²) in [6.45, 7) is 0. The molecule has 138 valence electrons. The van der Waals surface area contributed by atoms with Crippen LogP contribution in [0.4, 0.5) is 10.1 Å². The van der Waals surface area contributed by atoms with Crippen molar-refractivity contribution in [1.29, 1.82) is 0 Å². The molecule has 0 atom stereocenters. The monoisotopic (exact) mass is 386 g/mol. The zero-order valence-corrected chi connectivity index (χ0v) is 15.8. The molecular weight excluding hydrogens is 368 g/mol. The van der Waals surface area contributed by atoms with E-state index in [9.17, 15) is 4.79 Å². The van der Waals surface area contributed by atoms with Gasteiger partial charge in [0.1, 0.15) is 10.7 Å². The summed E-state index contributed by atoms with van der Waals surface area (Å²) in [4.78, 5) is 21.2. The van der Waals surface area contributed by atoms with Crippen LogP contribution < -0.4 is 11.1 Å². The number of amides is 1. The number of thiazole rings is 1. The molecule has 0 aliphatic heterocycles.